The van der Waals surface area contributed by atoms with Gasteiger partial charge in [-0.05, 0) is 37.8 Å². The SMILES string of the molecule is CCC(CC)CC(NC)C(CC)(CC)c1ccccc1. The van der Waals surface area contributed by atoms with E-state index in [9.17, 15) is 0 Å². The fourth-order valence-electron chi connectivity index (χ4n) is 3.70. The van der Waals surface area contributed by atoms with Crippen LogP contribution in [0.15, 0.2) is 30.3 Å². The summed E-state index contributed by atoms with van der Waals surface area (Å²) in [5, 5.41) is 3.64. The predicted molar refractivity (Wildman–Crippen MR) is 90.2 cm³/mol. The molecule has 1 heteroatoms. The molecule has 0 aliphatic heterocycles. The monoisotopic (exact) mass is 275 g/mol. The fraction of sp³-hybridized carbons (Fsp3) is 0.684. The Labute approximate surface area is 126 Å². The van der Waals surface area contributed by atoms with Gasteiger partial charge in [0.2, 0.25) is 0 Å². The average Bonchev–Trinajstić information content (AvgIpc) is 2.53. The highest BCUT2D eigenvalue weighted by Crippen LogP contribution is 2.38. The third kappa shape index (κ3) is 3.63. The highest BCUT2D eigenvalue weighted by molar-refractivity contribution is 5.27. The number of hydrogen-bond acceptors (Lipinski definition) is 1. The normalized spacial score (nSPS) is 13.7. The van der Waals surface area contributed by atoms with Crippen LogP contribution >= 0.6 is 0 Å². The van der Waals surface area contributed by atoms with Crippen molar-refractivity contribution in [1.29, 1.82) is 0 Å². The zero-order chi connectivity index (χ0) is 15.0. The highest BCUT2D eigenvalue weighted by Gasteiger charge is 2.37. The summed E-state index contributed by atoms with van der Waals surface area (Å²) in [6, 6.07) is 11.7. The largest absolute Gasteiger partial charge is 0.316 e. The molecule has 1 N–H and O–H groups in total. The van der Waals surface area contributed by atoms with E-state index in [2.05, 4.69) is 70.4 Å². The van der Waals surface area contributed by atoms with Crippen LogP contribution in [0.4, 0.5) is 0 Å². The third-order valence-electron chi connectivity index (χ3n) is 5.35. The van der Waals surface area contributed by atoms with Gasteiger partial charge < -0.3 is 5.32 Å². The zero-order valence-electron chi connectivity index (χ0n) is 14.1. The fourth-order valence-corrected chi connectivity index (χ4v) is 3.70. The summed E-state index contributed by atoms with van der Waals surface area (Å²) in [5.74, 6) is 0.827. The Bertz CT molecular complexity index is 349. The summed E-state index contributed by atoms with van der Waals surface area (Å²) in [4.78, 5) is 0. The molecule has 1 aromatic carbocycles. The minimum absolute atomic E-state index is 0.262. The van der Waals surface area contributed by atoms with E-state index in [1.807, 2.05) is 0 Å². The van der Waals surface area contributed by atoms with Crippen molar-refractivity contribution in [3.8, 4) is 0 Å². The van der Waals surface area contributed by atoms with Crippen LogP contribution in [-0.2, 0) is 5.41 Å². The third-order valence-corrected chi connectivity index (χ3v) is 5.35. The van der Waals surface area contributed by atoms with E-state index in [0.29, 0.717) is 6.04 Å². The van der Waals surface area contributed by atoms with Crippen molar-refractivity contribution in [3.63, 3.8) is 0 Å². The second-order valence-corrected chi connectivity index (χ2v) is 5.99. The van der Waals surface area contributed by atoms with Gasteiger partial charge in [-0.3, -0.25) is 0 Å². The second kappa shape index (κ2) is 8.46. The quantitative estimate of drug-likeness (QED) is 0.656. The van der Waals surface area contributed by atoms with Crippen molar-refractivity contribution in [2.75, 3.05) is 7.05 Å². The lowest BCUT2D eigenvalue weighted by Gasteiger charge is -2.42. The van der Waals surface area contributed by atoms with E-state index in [4.69, 9.17) is 0 Å². The van der Waals surface area contributed by atoms with Crippen molar-refractivity contribution in [3.05, 3.63) is 35.9 Å². The van der Waals surface area contributed by atoms with Crippen LogP contribution in [0.5, 0.6) is 0 Å². The smallest absolute Gasteiger partial charge is 0.0163 e. The molecule has 0 fully saturated rings. The van der Waals surface area contributed by atoms with Crippen molar-refractivity contribution >= 4 is 0 Å². The van der Waals surface area contributed by atoms with Crippen molar-refractivity contribution in [2.24, 2.45) is 5.92 Å². The Morgan fingerprint density at radius 1 is 0.950 bits per heavy atom. The molecule has 0 amide bonds. The van der Waals surface area contributed by atoms with Crippen LogP contribution in [0.1, 0.15) is 65.4 Å². The highest BCUT2D eigenvalue weighted by atomic mass is 14.9. The van der Waals surface area contributed by atoms with Gasteiger partial charge in [-0.1, -0.05) is 70.9 Å². The molecule has 0 aliphatic carbocycles. The molecule has 0 heterocycles. The molecule has 1 rings (SSSR count). The predicted octanol–water partition coefficient (Wildman–Crippen LogP) is 5.16. The summed E-state index contributed by atoms with van der Waals surface area (Å²) < 4.78 is 0. The van der Waals surface area contributed by atoms with Crippen LogP contribution < -0.4 is 5.32 Å². The van der Waals surface area contributed by atoms with Gasteiger partial charge >= 0.3 is 0 Å². The maximum absolute atomic E-state index is 3.64. The first-order valence-electron chi connectivity index (χ1n) is 8.41. The molecule has 114 valence electrons. The first kappa shape index (κ1) is 17.2. The number of benzene rings is 1. The van der Waals surface area contributed by atoms with Crippen molar-refractivity contribution in [1.82, 2.24) is 5.32 Å². The molecule has 0 saturated carbocycles. The van der Waals surface area contributed by atoms with E-state index in [-0.39, 0.29) is 5.41 Å². The molecule has 0 aliphatic rings. The summed E-state index contributed by atoms with van der Waals surface area (Å²) in [7, 11) is 2.13. The summed E-state index contributed by atoms with van der Waals surface area (Å²) in [6.07, 6.45) is 6.23. The van der Waals surface area contributed by atoms with E-state index in [1.165, 1.54) is 37.7 Å². The van der Waals surface area contributed by atoms with Crippen LogP contribution in [-0.4, -0.2) is 13.1 Å². The zero-order valence-corrected chi connectivity index (χ0v) is 14.1. The molecule has 0 spiro atoms. The van der Waals surface area contributed by atoms with Crippen molar-refractivity contribution < 1.29 is 0 Å². The number of likely N-dealkylation sites (N-methyl/N-ethyl adjacent to an activating group) is 1. The first-order chi connectivity index (χ1) is 9.68. The molecule has 1 atom stereocenters. The van der Waals surface area contributed by atoms with E-state index < -0.39 is 0 Å². The number of hydrogen-bond donors (Lipinski definition) is 1. The van der Waals surface area contributed by atoms with Crippen molar-refractivity contribution in [2.45, 2.75) is 71.3 Å². The molecule has 0 saturated heterocycles. The van der Waals surface area contributed by atoms with Gasteiger partial charge in [0.15, 0.2) is 0 Å². The molecule has 20 heavy (non-hydrogen) atoms. The molecule has 0 aromatic heterocycles. The molecular formula is C19H33N. The molecule has 0 bridgehead atoms. The summed E-state index contributed by atoms with van der Waals surface area (Å²) >= 11 is 0. The molecule has 1 aromatic rings. The average molecular weight is 275 g/mol. The van der Waals surface area contributed by atoms with Crippen LogP contribution in [0, 0.1) is 5.92 Å². The lowest BCUT2D eigenvalue weighted by molar-refractivity contribution is 0.234. The second-order valence-electron chi connectivity index (χ2n) is 5.99. The van der Waals surface area contributed by atoms with Gasteiger partial charge in [0.1, 0.15) is 0 Å². The Kier molecular flexibility index (Phi) is 7.29. The summed E-state index contributed by atoms with van der Waals surface area (Å²) in [5.41, 5.74) is 1.76. The Morgan fingerprint density at radius 2 is 1.50 bits per heavy atom. The number of rotatable bonds is 9. The van der Waals surface area contributed by atoms with Gasteiger partial charge in [0.25, 0.3) is 0 Å². The molecule has 1 unspecified atom stereocenters. The maximum atomic E-state index is 3.64. The summed E-state index contributed by atoms with van der Waals surface area (Å²) in [6.45, 7) is 9.33. The van der Waals surface area contributed by atoms with Crippen LogP contribution in [0.25, 0.3) is 0 Å². The molecule has 1 nitrogen and oxygen atoms in total. The van der Waals surface area contributed by atoms with Gasteiger partial charge in [-0.25, -0.2) is 0 Å². The van der Waals surface area contributed by atoms with E-state index in [0.717, 1.165) is 5.92 Å². The molecular weight excluding hydrogens is 242 g/mol. The maximum Gasteiger partial charge on any atom is 0.0163 e. The number of nitrogens with one attached hydrogen (secondary N) is 1. The minimum atomic E-state index is 0.262. The van der Waals surface area contributed by atoms with Gasteiger partial charge in [0.05, 0.1) is 0 Å². The lowest BCUT2D eigenvalue weighted by Crippen LogP contribution is -2.47. The van der Waals surface area contributed by atoms with Crippen LogP contribution in [0.2, 0.25) is 0 Å². The molecule has 0 radical (unpaired) electrons. The Hall–Kier alpha value is -0.820. The standard InChI is InChI=1S/C19H33N/c1-6-16(7-2)15-18(20-5)19(8-3,9-4)17-13-11-10-12-14-17/h10-14,16,18,20H,6-9,15H2,1-5H3. The van der Waals surface area contributed by atoms with Gasteiger partial charge in [-0.2, -0.15) is 0 Å². The van der Waals surface area contributed by atoms with Gasteiger partial charge in [-0.15, -0.1) is 0 Å². The van der Waals surface area contributed by atoms with Gasteiger partial charge in [0, 0.05) is 11.5 Å². The Balaban J connectivity index is 3.09. The topological polar surface area (TPSA) is 12.0 Å². The Morgan fingerprint density at radius 3 is 1.90 bits per heavy atom. The van der Waals surface area contributed by atoms with E-state index in [1.54, 1.807) is 0 Å². The van der Waals surface area contributed by atoms with Crippen LogP contribution in [0.3, 0.4) is 0 Å². The van der Waals surface area contributed by atoms with E-state index >= 15 is 0 Å². The lowest BCUT2D eigenvalue weighted by atomic mass is 9.67. The first-order valence-corrected chi connectivity index (χ1v) is 8.41. The minimum Gasteiger partial charge on any atom is -0.316 e.